The lowest BCUT2D eigenvalue weighted by Gasteiger charge is -2.33. The molecule has 1 aromatic carbocycles. The molecule has 2 fully saturated rings. The normalized spacial score (nSPS) is 19.9. The first-order chi connectivity index (χ1) is 15.1. The molecule has 0 radical (unpaired) electrons. The zero-order valence-electron chi connectivity index (χ0n) is 17.4. The molecule has 2 atom stereocenters. The maximum atomic E-state index is 13.6. The molecule has 7 heteroatoms. The van der Waals surface area contributed by atoms with E-state index in [1.54, 1.807) is 23.4 Å². The summed E-state index contributed by atoms with van der Waals surface area (Å²) in [5.74, 6) is -0.272. The molecular weight excluding hydrogens is 410 g/mol. The Kier molecular flexibility index (Phi) is 7.02. The molecule has 4 rings (SSSR count). The number of hydrogen-bond donors (Lipinski definition) is 1. The number of rotatable bonds is 7. The number of nitrogens with zero attached hydrogens (tertiary/aromatic N) is 2. The van der Waals surface area contributed by atoms with Crippen molar-refractivity contribution in [3.05, 3.63) is 66.0 Å². The SMILES string of the molecule is O=C1CC(C(=O)N(Cc2ccccc2)C(C(=O)NC2CCCC2)c2cccnc2)CS1. The summed E-state index contributed by atoms with van der Waals surface area (Å²) in [6.45, 7) is 0.298. The van der Waals surface area contributed by atoms with Crippen LogP contribution >= 0.6 is 11.8 Å². The lowest BCUT2D eigenvalue weighted by atomic mass is 10.00. The van der Waals surface area contributed by atoms with Crippen molar-refractivity contribution in [2.75, 3.05) is 5.75 Å². The minimum Gasteiger partial charge on any atom is -0.351 e. The summed E-state index contributed by atoms with van der Waals surface area (Å²) in [6, 6.07) is 12.6. The average molecular weight is 438 g/mol. The van der Waals surface area contributed by atoms with E-state index >= 15 is 0 Å². The number of amides is 2. The van der Waals surface area contributed by atoms with E-state index in [0.29, 0.717) is 17.9 Å². The van der Waals surface area contributed by atoms with Gasteiger partial charge in [0.1, 0.15) is 6.04 Å². The average Bonchev–Trinajstić information content (AvgIpc) is 3.46. The van der Waals surface area contributed by atoms with Crippen LogP contribution in [0.3, 0.4) is 0 Å². The molecule has 2 unspecified atom stereocenters. The first-order valence-corrected chi connectivity index (χ1v) is 11.8. The Labute approximate surface area is 186 Å². The van der Waals surface area contributed by atoms with Crippen LogP contribution in [0.25, 0.3) is 0 Å². The Morgan fingerprint density at radius 3 is 2.55 bits per heavy atom. The number of carbonyl (C=O) groups excluding carboxylic acids is 3. The van der Waals surface area contributed by atoms with E-state index in [0.717, 1.165) is 31.2 Å². The molecule has 162 valence electrons. The highest BCUT2D eigenvalue weighted by Gasteiger charge is 2.39. The van der Waals surface area contributed by atoms with Crippen molar-refractivity contribution < 1.29 is 14.4 Å². The minimum absolute atomic E-state index is 0.0337. The largest absolute Gasteiger partial charge is 0.351 e. The molecule has 2 heterocycles. The van der Waals surface area contributed by atoms with Gasteiger partial charge in [0.05, 0.1) is 5.92 Å². The van der Waals surface area contributed by atoms with Crippen molar-refractivity contribution in [3.63, 3.8) is 0 Å². The van der Waals surface area contributed by atoms with E-state index in [4.69, 9.17) is 0 Å². The van der Waals surface area contributed by atoms with Crippen molar-refractivity contribution in [3.8, 4) is 0 Å². The van der Waals surface area contributed by atoms with E-state index in [1.165, 1.54) is 11.8 Å². The van der Waals surface area contributed by atoms with E-state index in [1.807, 2.05) is 36.4 Å². The molecule has 6 nitrogen and oxygen atoms in total. The molecule has 2 aliphatic rings. The van der Waals surface area contributed by atoms with Crippen LogP contribution in [0.2, 0.25) is 0 Å². The van der Waals surface area contributed by atoms with E-state index in [9.17, 15) is 14.4 Å². The van der Waals surface area contributed by atoms with Gasteiger partial charge in [0.25, 0.3) is 0 Å². The van der Waals surface area contributed by atoms with E-state index < -0.39 is 12.0 Å². The summed E-state index contributed by atoms with van der Waals surface area (Å²) < 4.78 is 0. The Hall–Kier alpha value is -2.67. The van der Waals surface area contributed by atoms with Gasteiger partial charge in [-0.1, -0.05) is 61.0 Å². The summed E-state index contributed by atoms with van der Waals surface area (Å²) in [5.41, 5.74) is 1.62. The summed E-state index contributed by atoms with van der Waals surface area (Å²) in [7, 11) is 0. The first-order valence-electron chi connectivity index (χ1n) is 10.8. The van der Waals surface area contributed by atoms with Gasteiger partial charge >= 0.3 is 0 Å². The number of carbonyl (C=O) groups is 3. The lowest BCUT2D eigenvalue weighted by Crippen LogP contribution is -2.47. The third-order valence-corrected chi connectivity index (χ3v) is 7.01. The first kappa shape index (κ1) is 21.6. The molecule has 0 spiro atoms. The van der Waals surface area contributed by atoms with Crippen molar-refractivity contribution >= 4 is 28.7 Å². The zero-order valence-corrected chi connectivity index (χ0v) is 18.2. The van der Waals surface area contributed by atoms with Gasteiger partial charge in [0, 0.05) is 42.7 Å². The number of nitrogens with one attached hydrogen (secondary N) is 1. The van der Waals surface area contributed by atoms with Crippen LogP contribution in [-0.2, 0) is 20.9 Å². The second-order valence-electron chi connectivity index (χ2n) is 8.21. The molecule has 1 saturated carbocycles. The number of thioether (sulfide) groups is 1. The molecule has 2 amide bonds. The second kappa shape index (κ2) is 10.1. The molecule has 31 heavy (non-hydrogen) atoms. The van der Waals surface area contributed by atoms with Crippen LogP contribution < -0.4 is 5.32 Å². The van der Waals surface area contributed by atoms with Crippen LogP contribution in [0, 0.1) is 5.92 Å². The summed E-state index contributed by atoms with van der Waals surface area (Å²) in [5, 5.41) is 3.20. The number of benzene rings is 1. The predicted octanol–water partition coefficient (Wildman–Crippen LogP) is 3.49. The van der Waals surface area contributed by atoms with Crippen LogP contribution in [0.15, 0.2) is 54.9 Å². The Morgan fingerprint density at radius 1 is 1.13 bits per heavy atom. The third-order valence-electron chi connectivity index (χ3n) is 5.95. The standard InChI is InChI=1S/C24H27N3O3S/c28-21-13-19(16-31-21)24(30)27(15-17-7-2-1-3-8-17)22(18-9-6-12-25-14-18)23(29)26-20-10-4-5-11-20/h1-3,6-9,12,14,19-20,22H,4-5,10-11,13,15-16H2,(H,26,29). The van der Waals surface area contributed by atoms with Gasteiger partial charge in [-0.15, -0.1) is 0 Å². The number of aromatic nitrogens is 1. The Morgan fingerprint density at radius 2 is 1.90 bits per heavy atom. The van der Waals surface area contributed by atoms with Crippen molar-refractivity contribution in [2.45, 2.75) is 50.7 Å². The van der Waals surface area contributed by atoms with E-state index in [-0.39, 0.29) is 29.4 Å². The van der Waals surface area contributed by atoms with Crippen molar-refractivity contribution in [1.29, 1.82) is 0 Å². The maximum absolute atomic E-state index is 13.6. The van der Waals surface area contributed by atoms with Gasteiger partial charge in [0.15, 0.2) is 5.12 Å². The Balaban J connectivity index is 1.68. The highest BCUT2D eigenvalue weighted by molar-refractivity contribution is 8.14. The monoisotopic (exact) mass is 437 g/mol. The maximum Gasteiger partial charge on any atom is 0.247 e. The van der Waals surface area contributed by atoms with Crippen molar-refractivity contribution in [1.82, 2.24) is 15.2 Å². The summed E-state index contributed by atoms with van der Waals surface area (Å²) >= 11 is 1.20. The molecule has 1 aliphatic carbocycles. The van der Waals surface area contributed by atoms with Crippen LogP contribution in [0.1, 0.15) is 49.3 Å². The lowest BCUT2D eigenvalue weighted by molar-refractivity contribution is -0.145. The van der Waals surface area contributed by atoms with Gasteiger partial charge < -0.3 is 10.2 Å². The smallest absolute Gasteiger partial charge is 0.247 e. The fourth-order valence-electron chi connectivity index (χ4n) is 4.34. The second-order valence-corrected chi connectivity index (χ2v) is 9.29. The zero-order chi connectivity index (χ0) is 21.6. The Bertz CT molecular complexity index is 916. The molecule has 1 saturated heterocycles. The van der Waals surface area contributed by atoms with Crippen LogP contribution in [0.4, 0.5) is 0 Å². The molecule has 1 aliphatic heterocycles. The van der Waals surface area contributed by atoms with Gasteiger partial charge in [-0.2, -0.15) is 0 Å². The van der Waals surface area contributed by atoms with Crippen LogP contribution in [-0.4, -0.2) is 38.6 Å². The highest BCUT2D eigenvalue weighted by Crippen LogP contribution is 2.32. The van der Waals surface area contributed by atoms with E-state index in [2.05, 4.69) is 10.3 Å². The van der Waals surface area contributed by atoms with Crippen LogP contribution in [0.5, 0.6) is 0 Å². The molecular formula is C24H27N3O3S. The fraction of sp³-hybridized carbons (Fsp3) is 0.417. The van der Waals surface area contributed by atoms with Gasteiger partial charge in [-0.25, -0.2) is 0 Å². The topological polar surface area (TPSA) is 79.4 Å². The highest BCUT2D eigenvalue weighted by atomic mass is 32.2. The van der Waals surface area contributed by atoms with Gasteiger partial charge in [-0.05, 0) is 24.5 Å². The third kappa shape index (κ3) is 5.34. The number of pyridine rings is 1. The summed E-state index contributed by atoms with van der Waals surface area (Å²) in [6.07, 6.45) is 7.67. The van der Waals surface area contributed by atoms with Gasteiger partial charge in [-0.3, -0.25) is 19.4 Å². The van der Waals surface area contributed by atoms with Gasteiger partial charge in [0.2, 0.25) is 11.8 Å². The quantitative estimate of drug-likeness (QED) is 0.717. The molecule has 1 aromatic heterocycles. The van der Waals surface area contributed by atoms with Crippen molar-refractivity contribution in [2.24, 2.45) is 5.92 Å². The fourth-order valence-corrected chi connectivity index (χ4v) is 5.31. The minimum atomic E-state index is -0.789. The molecule has 2 aromatic rings. The summed E-state index contributed by atoms with van der Waals surface area (Å²) in [4.78, 5) is 44.8. The predicted molar refractivity (Wildman–Crippen MR) is 120 cm³/mol. The molecule has 1 N–H and O–H groups in total. The molecule has 0 bridgehead atoms. The number of hydrogen-bond acceptors (Lipinski definition) is 5.